The smallest absolute Gasteiger partial charge is 0.322 e. The van der Waals surface area contributed by atoms with Crippen LogP contribution in [0.2, 0.25) is 0 Å². The zero-order valence-corrected chi connectivity index (χ0v) is 22.1. The number of carbonyl (C=O) groups excluding carboxylic acids is 4. The Balaban J connectivity index is 3.50. The van der Waals surface area contributed by atoms with E-state index in [1.807, 2.05) is 0 Å². The molecule has 5 N–H and O–H groups in total. The molecule has 0 aliphatic carbocycles. The van der Waals surface area contributed by atoms with Gasteiger partial charge in [0.15, 0.2) is 0 Å². The van der Waals surface area contributed by atoms with Gasteiger partial charge in [-0.05, 0) is 46.1 Å². The lowest BCUT2D eigenvalue weighted by Crippen LogP contribution is -2.32. The van der Waals surface area contributed by atoms with Crippen LogP contribution >= 0.6 is 0 Å². The Morgan fingerprint density at radius 2 is 1.08 bits per heavy atom. The van der Waals surface area contributed by atoms with E-state index in [1.165, 1.54) is 0 Å². The Kier molecular flexibility index (Phi) is 21.7. The molecule has 2 unspecified atom stereocenters. The molecule has 0 saturated heterocycles. The Morgan fingerprint density at radius 1 is 0.611 bits per heavy atom. The summed E-state index contributed by atoms with van der Waals surface area (Å²) >= 11 is 0. The van der Waals surface area contributed by atoms with E-state index in [2.05, 4.69) is 5.32 Å². The topological polar surface area (TPSA) is 169 Å². The van der Waals surface area contributed by atoms with Crippen molar-refractivity contribution in [1.29, 1.82) is 0 Å². The van der Waals surface area contributed by atoms with E-state index in [1.54, 1.807) is 13.8 Å². The van der Waals surface area contributed by atoms with E-state index < -0.39 is 12.1 Å². The average molecular weight is 518 g/mol. The highest BCUT2D eigenvalue weighted by molar-refractivity contribution is 5.75. The van der Waals surface area contributed by atoms with Crippen LogP contribution in [0.5, 0.6) is 0 Å². The molecule has 0 bridgehead atoms. The number of nitrogens with one attached hydrogen (secondary N) is 1. The number of rotatable bonds is 23. The van der Waals surface area contributed by atoms with Gasteiger partial charge in [-0.1, -0.05) is 32.1 Å². The fourth-order valence-corrected chi connectivity index (χ4v) is 3.28. The highest BCUT2D eigenvalue weighted by Crippen LogP contribution is 2.09. The summed E-state index contributed by atoms with van der Waals surface area (Å²) in [6.45, 7) is 5.44. The third kappa shape index (κ3) is 20.0. The number of hydrogen-bond donors (Lipinski definition) is 3. The van der Waals surface area contributed by atoms with Crippen molar-refractivity contribution < 1.29 is 38.1 Å². The van der Waals surface area contributed by atoms with Crippen LogP contribution < -0.4 is 16.8 Å². The highest BCUT2D eigenvalue weighted by atomic mass is 16.6. The molecule has 0 saturated carbocycles. The normalized spacial score (nSPS) is 12.4. The van der Waals surface area contributed by atoms with Crippen molar-refractivity contribution in [2.45, 2.75) is 96.6 Å². The summed E-state index contributed by atoms with van der Waals surface area (Å²) in [7, 11) is 0. The maximum absolute atomic E-state index is 11.7. The second-order valence-corrected chi connectivity index (χ2v) is 8.46. The largest absolute Gasteiger partial charge is 0.465 e. The minimum absolute atomic E-state index is 0.0387. The molecule has 0 rings (SSSR count). The van der Waals surface area contributed by atoms with E-state index in [0.717, 1.165) is 44.9 Å². The molecule has 0 spiro atoms. The number of esters is 4. The predicted molar refractivity (Wildman–Crippen MR) is 135 cm³/mol. The fourth-order valence-electron chi connectivity index (χ4n) is 3.28. The van der Waals surface area contributed by atoms with Gasteiger partial charge in [-0.25, -0.2) is 0 Å². The lowest BCUT2D eigenvalue weighted by molar-refractivity contribution is -0.152. The standard InChI is InChI=1S/C25H47N3O8/c1-3-33-24(31)20(26)12-8-6-5-7-9-14-22(29)35-18-19-36-23(30)15-17-28-16-11-10-13-21(27)25(32)34-4-2/h20-21,28H,3-19,26-27H2,1-2H3. The minimum atomic E-state index is -0.589. The number of nitrogens with two attached hydrogens (primary N) is 2. The van der Waals surface area contributed by atoms with Gasteiger partial charge in [0.05, 0.1) is 19.6 Å². The predicted octanol–water partition coefficient (Wildman–Crippen LogP) is 1.73. The van der Waals surface area contributed by atoms with Gasteiger partial charge in [-0.2, -0.15) is 0 Å². The number of unbranched alkanes of at least 4 members (excludes halogenated alkanes) is 5. The second-order valence-electron chi connectivity index (χ2n) is 8.46. The first-order valence-electron chi connectivity index (χ1n) is 13.2. The summed E-state index contributed by atoms with van der Waals surface area (Å²) in [4.78, 5) is 46.3. The lowest BCUT2D eigenvalue weighted by atomic mass is 10.1. The SMILES string of the molecule is CCOC(=O)C(N)CCCCCCCC(=O)OCCOC(=O)CCNCCCCC(N)C(=O)OCC. The van der Waals surface area contributed by atoms with Gasteiger partial charge in [-0.15, -0.1) is 0 Å². The van der Waals surface area contributed by atoms with Gasteiger partial charge in [0.1, 0.15) is 25.3 Å². The van der Waals surface area contributed by atoms with E-state index in [-0.39, 0.29) is 43.5 Å². The van der Waals surface area contributed by atoms with Crippen molar-refractivity contribution in [3.8, 4) is 0 Å². The molecule has 0 radical (unpaired) electrons. The van der Waals surface area contributed by atoms with E-state index in [9.17, 15) is 19.2 Å². The maximum Gasteiger partial charge on any atom is 0.322 e. The first kappa shape index (κ1) is 33.8. The molecule has 11 heteroatoms. The van der Waals surface area contributed by atoms with Gasteiger partial charge in [-0.3, -0.25) is 19.2 Å². The number of carbonyl (C=O) groups is 4. The molecule has 210 valence electrons. The average Bonchev–Trinajstić information content (AvgIpc) is 2.85. The molecule has 36 heavy (non-hydrogen) atoms. The number of ether oxygens (including phenoxy) is 4. The maximum atomic E-state index is 11.7. The Hall–Kier alpha value is -2.24. The van der Waals surface area contributed by atoms with Gasteiger partial charge >= 0.3 is 23.9 Å². The Labute approximate surface area is 215 Å². The Bertz CT molecular complexity index is 566. The van der Waals surface area contributed by atoms with Crippen molar-refractivity contribution in [2.75, 3.05) is 39.5 Å². The molecule has 0 aromatic rings. The molecule has 0 fully saturated rings. The van der Waals surface area contributed by atoms with Crippen LogP contribution in [0.25, 0.3) is 0 Å². The van der Waals surface area contributed by atoms with Crippen LogP contribution in [0.3, 0.4) is 0 Å². The molecular weight excluding hydrogens is 470 g/mol. The summed E-state index contributed by atoms with van der Waals surface area (Å²) in [5, 5.41) is 3.14. The van der Waals surface area contributed by atoms with Gasteiger partial charge in [0, 0.05) is 13.0 Å². The van der Waals surface area contributed by atoms with Gasteiger partial charge in [0.2, 0.25) is 0 Å². The van der Waals surface area contributed by atoms with Crippen LogP contribution in [-0.4, -0.2) is 75.5 Å². The van der Waals surface area contributed by atoms with E-state index in [0.29, 0.717) is 45.6 Å². The van der Waals surface area contributed by atoms with E-state index >= 15 is 0 Å². The summed E-state index contributed by atoms with van der Waals surface area (Å²) in [5.41, 5.74) is 11.5. The van der Waals surface area contributed by atoms with Crippen LogP contribution in [0, 0.1) is 0 Å². The van der Waals surface area contributed by atoms with Gasteiger partial charge in [0.25, 0.3) is 0 Å². The lowest BCUT2D eigenvalue weighted by Gasteiger charge is -2.10. The molecule has 0 aromatic heterocycles. The molecule has 2 atom stereocenters. The minimum Gasteiger partial charge on any atom is -0.465 e. The zero-order chi connectivity index (χ0) is 27.0. The molecule has 0 aromatic carbocycles. The molecule has 0 amide bonds. The third-order valence-electron chi connectivity index (χ3n) is 5.31. The molecule has 0 heterocycles. The van der Waals surface area contributed by atoms with Crippen molar-refractivity contribution in [2.24, 2.45) is 11.5 Å². The first-order chi connectivity index (χ1) is 17.3. The summed E-state index contributed by atoms with van der Waals surface area (Å²) in [5.74, 6) is -1.39. The van der Waals surface area contributed by atoms with Crippen molar-refractivity contribution in [1.82, 2.24) is 5.32 Å². The molecule has 0 aliphatic heterocycles. The van der Waals surface area contributed by atoms with Crippen LogP contribution in [0.15, 0.2) is 0 Å². The van der Waals surface area contributed by atoms with Crippen LogP contribution in [-0.2, 0) is 38.1 Å². The second kappa shape index (κ2) is 23.2. The molecule has 0 aliphatic rings. The highest BCUT2D eigenvalue weighted by Gasteiger charge is 2.14. The number of hydrogen-bond acceptors (Lipinski definition) is 11. The van der Waals surface area contributed by atoms with Crippen molar-refractivity contribution >= 4 is 23.9 Å². The zero-order valence-electron chi connectivity index (χ0n) is 22.1. The van der Waals surface area contributed by atoms with Crippen molar-refractivity contribution in [3.63, 3.8) is 0 Å². The summed E-state index contributed by atoms with van der Waals surface area (Å²) < 4.78 is 19.9. The quantitative estimate of drug-likeness (QED) is 0.102. The van der Waals surface area contributed by atoms with Gasteiger partial charge < -0.3 is 35.7 Å². The monoisotopic (exact) mass is 517 g/mol. The van der Waals surface area contributed by atoms with E-state index in [4.69, 9.17) is 30.4 Å². The third-order valence-corrected chi connectivity index (χ3v) is 5.31. The first-order valence-corrected chi connectivity index (χ1v) is 13.2. The summed E-state index contributed by atoms with van der Waals surface area (Å²) in [6, 6.07) is -1.15. The van der Waals surface area contributed by atoms with Crippen molar-refractivity contribution in [3.05, 3.63) is 0 Å². The Morgan fingerprint density at radius 3 is 1.64 bits per heavy atom. The van der Waals surface area contributed by atoms with Crippen LogP contribution in [0.1, 0.15) is 84.5 Å². The summed E-state index contributed by atoms with van der Waals surface area (Å²) in [6.07, 6.45) is 7.69. The molecular formula is C25H47N3O8. The fraction of sp³-hybridized carbons (Fsp3) is 0.840. The van der Waals surface area contributed by atoms with Crippen LogP contribution in [0.4, 0.5) is 0 Å². The molecule has 11 nitrogen and oxygen atoms in total.